The third-order valence-corrected chi connectivity index (χ3v) is 6.94. The summed E-state index contributed by atoms with van der Waals surface area (Å²) in [7, 11) is -3.69. The minimum atomic E-state index is -3.69. The van der Waals surface area contributed by atoms with E-state index >= 15 is 0 Å². The molecular weight excluding hydrogens is 358 g/mol. The van der Waals surface area contributed by atoms with Crippen molar-refractivity contribution in [3.05, 3.63) is 54.1 Å². The van der Waals surface area contributed by atoms with Crippen LogP contribution in [-0.2, 0) is 14.8 Å². The van der Waals surface area contributed by atoms with Crippen LogP contribution in [-0.4, -0.2) is 40.7 Å². The van der Waals surface area contributed by atoms with Gasteiger partial charge in [-0.25, -0.2) is 8.42 Å². The summed E-state index contributed by atoms with van der Waals surface area (Å²) >= 11 is 1.02. The van der Waals surface area contributed by atoms with Gasteiger partial charge in [0.2, 0.25) is 10.0 Å². The van der Waals surface area contributed by atoms with Gasteiger partial charge in [0.25, 0.3) is 0 Å². The Morgan fingerprint density at radius 1 is 1.12 bits per heavy atom. The number of hydrogen-bond acceptors (Lipinski definition) is 6. The molecule has 0 aliphatic carbocycles. The van der Waals surface area contributed by atoms with Crippen LogP contribution >= 0.6 is 11.7 Å². The molecule has 1 aliphatic rings. The normalized spacial score (nSPS) is 22.3. The summed E-state index contributed by atoms with van der Waals surface area (Å²) in [6.45, 7) is 2.49. The van der Waals surface area contributed by atoms with Crippen LogP contribution in [0.3, 0.4) is 0 Å². The van der Waals surface area contributed by atoms with E-state index in [1.807, 2.05) is 37.3 Å². The van der Waals surface area contributed by atoms with E-state index in [1.54, 1.807) is 18.2 Å². The number of sulfonamides is 1. The highest BCUT2D eigenvalue weighted by Gasteiger charge is 2.37. The zero-order valence-electron chi connectivity index (χ0n) is 13.6. The van der Waals surface area contributed by atoms with E-state index in [9.17, 15) is 8.42 Å². The number of nitrogens with zero attached hydrogens (tertiary/aromatic N) is 3. The van der Waals surface area contributed by atoms with Crippen LogP contribution in [0.25, 0.3) is 11.0 Å². The fourth-order valence-corrected chi connectivity index (χ4v) is 5.43. The number of fused-ring (bicyclic) bond motifs is 1. The van der Waals surface area contributed by atoms with E-state index in [2.05, 4.69) is 8.75 Å². The van der Waals surface area contributed by atoms with E-state index < -0.39 is 10.0 Å². The second kappa shape index (κ2) is 6.45. The molecule has 6 nitrogen and oxygen atoms in total. The second-order valence-corrected chi connectivity index (χ2v) is 8.43. The van der Waals surface area contributed by atoms with Crippen LogP contribution in [0.15, 0.2) is 53.4 Å². The number of rotatable bonds is 3. The van der Waals surface area contributed by atoms with Crippen molar-refractivity contribution in [2.24, 2.45) is 0 Å². The van der Waals surface area contributed by atoms with Gasteiger partial charge in [0.1, 0.15) is 15.9 Å². The molecule has 130 valence electrons. The molecule has 8 heteroatoms. The molecule has 0 unspecified atom stereocenters. The molecule has 1 aliphatic heterocycles. The SMILES string of the molecule is C[C@H]1CO[C@@H](c2ccccc2)CN1S(=O)(=O)c1cccc2nsnc12. The smallest absolute Gasteiger partial charge is 0.245 e. The maximum absolute atomic E-state index is 13.3. The molecule has 4 rings (SSSR count). The summed E-state index contributed by atoms with van der Waals surface area (Å²) < 4.78 is 42.3. The number of ether oxygens (including phenoxy) is 1. The summed E-state index contributed by atoms with van der Waals surface area (Å²) in [4.78, 5) is 0.208. The topological polar surface area (TPSA) is 72.4 Å². The van der Waals surface area contributed by atoms with E-state index in [0.29, 0.717) is 17.6 Å². The number of morpholine rings is 1. The molecule has 0 radical (unpaired) electrons. The Kier molecular flexibility index (Phi) is 4.28. The van der Waals surface area contributed by atoms with Crippen LogP contribution in [0.1, 0.15) is 18.6 Å². The summed E-state index contributed by atoms with van der Waals surface area (Å²) in [5.74, 6) is 0. The highest BCUT2D eigenvalue weighted by atomic mass is 32.2. The Morgan fingerprint density at radius 2 is 1.92 bits per heavy atom. The Balaban J connectivity index is 1.72. The first-order chi connectivity index (χ1) is 12.1. The predicted molar refractivity (Wildman–Crippen MR) is 95.9 cm³/mol. The molecular formula is C17H17N3O3S2. The first-order valence-corrected chi connectivity index (χ1v) is 10.1. The highest BCUT2D eigenvalue weighted by molar-refractivity contribution is 7.89. The van der Waals surface area contributed by atoms with Crippen LogP contribution in [0.2, 0.25) is 0 Å². The first-order valence-electron chi connectivity index (χ1n) is 7.97. The van der Waals surface area contributed by atoms with Gasteiger partial charge in [-0.05, 0) is 24.6 Å². The van der Waals surface area contributed by atoms with Crippen LogP contribution in [0.4, 0.5) is 0 Å². The largest absolute Gasteiger partial charge is 0.370 e. The average molecular weight is 375 g/mol. The monoisotopic (exact) mass is 375 g/mol. The molecule has 1 aromatic heterocycles. The fraction of sp³-hybridized carbons (Fsp3) is 0.294. The van der Waals surface area contributed by atoms with Crippen LogP contribution < -0.4 is 0 Å². The molecule has 25 heavy (non-hydrogen) atoms. The Labute approximate surface area is 150 Å². The maximum Gasteiger partial charge on any atom is 0.245 e. The van der Waals surface area contributed by atoms with Crippen molar-refractivity contribution in [3.63, 3.8) is 0 Å². The zero-order valence-corrected chi connectivity index (χ0v) is 15.2. The Bertz CT molecular complexity index is 989. The molecule has 0 N–H and O–H groups in total. The van der Waals surface area contributed by atoms with E-state index in [4.69, 9.17) is 4.74 Å². The van der Waals surface area contributed by atoms with Gasteiger partial charge in [0.05, 0.1) is 24.4 Å². The average Bonchev–Trinajstić information content (AvgIpc) is 3.11. The second-order valence-electron chi connectivity index (χ2n) is 6.04. The van der Waals surface area contributed by atoms with Crippen molar-refractivity contribution in [3.8, 4) is 0 Å². The molecule has 0 amide bonds. The molecule has 1 fully saturated rings. The van der Waals surface area contributed by atoms with Gasteiger partial charge >= 0.3 is 0 Å². The molecule has 3 aromatic rings. The standard InChI is InChI=1S/C17H17N3O3S2/c1-12-11-23-15(13-6-3-2-4-7-13)10-20(12)25(21,22)16-9-5-8-14-17(16)19-24-18-14/h2-9,12,15H,10-11H2,1H3/t12-,15+/m0/s1. The lowest BCUT2D eigenvalue weighted by atomic mass is 10.1. The molecule has 2 heterocycles. The van der Waals surface area contributed by atoms with E-state index in [-0.39, 0.29) is 23.6 Å². The van der Waals surface area contributed by atoms with Crippen LogP contribution in [0, 0.1) is 0 Å². The van der Waals surface area contributed by atoms with Gasteiger partial charge in [0.15, 0.2) is 0 Å². The van der Waals surface area contributed by atoms with Crippen molar-refractivity contribution in [1.82, 2.24) is 13.1 Å². The molecule has 2 atom stereocenters. The Morgan fingerprint density at radius 3 is 2.72 bits per heavy atom. The maximum atomic E-state index is 13.3. The lowest BCUT2D eigenvalue weighted by Gasteiger charge is -2.37. The lowest BCUT2D eigenvalue weighted by molar-refractivity contribution is -0.0288. The van der Waals surface area contributed by atoms with Gasteiger partial charge in [0, 0.05) is 12.6 Å². The molecule has 2 aromatic carbocycles. The van der Waals surface area contributed by atoms with Gasteiger partial charge in [-0.3, -0.25) is 0 Å². The fourth-order valence-electron chi connectivity index (χ4n) is 3.05. The van der Waals surface area contributed by atoms with E-state index in [0.717, 1.165) is 17.3 Å². The third-order valence-electron chi connectivity index (χ3n) is 4.38. The quantitative estimate of drug-likeness (QED) is 0.704. The minimum Gasteiger partial charge on any atom is -0.370 e. The van der Waals surface area contributed by atoms with Gasteiger partial charge in [-0.2, -0.15) is 13.1 Å². The molecule has 0 saturated carbocycles. The van der Waals surface area contributed by atoms with Crippen molar-refractivity contribution in [2.75, 3.05) is 13.2 Å². The van der Waals surface area contributed by atoms with Crippen LogP contribution in [0.5, 0.6) is 0 Å². The lowest BCUT2D eigenvalue weighted by Crippen LogP contribution is -2.48. The summed E-state index contributed by atoms with van der Waals surface area (Å²) in [5, 5.41) is 0. The number of aromatic nitrogens is 2. The van der Waals surface area contributed by atoms with Crippen molar-refractivity contribution >= 4 is 32.8 Å². The zero-order chi connectivity index (χ0) is 17.4. The Hall–Kier alpha value is -1.87. The number of hydrogen-bond donors (Lipinski definition) is 0. The van der Waals surface area contributed by atoms with Crippen molar-refractivity contribution in [1.29, 1.82) is 0 Å². The van der Waals surface area contributed by atoms with E-state index in [1.165, 1.54) is 4.31 Å². The van der Waals surface area contributed by atoms with Gasteiger partial charge in [-0.1, -0.05) is 36.4 Å². The molecule has 0 bridgehead atoms. The first kappa shape index (κ1) is 16.6. The third kappa shape index (κ3) is 2.95. The summed E-state index contributed by atoms with van der Waals surface area (Å²) in [6, 6.07) is 14.5. The summed E-state index contributed by atoms with van der Waals surface area (Å²) in [5.41, 5.74) is 2.01. The minimum absolute atomic E-state index is 0.208. The van der Waals surface area contributed by atoms with Crippen molar-refractivity contribution < 1.29 is 13.2 Å². The highest BCUT2D eigenvalue weighted by Crippen LogP contribution is 2.31. The van der Waals surface area contributed by atoms with Crippen molar-refractivity contribution in [2.45, 2.75) is 24.0 Å². The van der Waals surface area contributed by atoms with Gasteiger partial charge in [-0.15, -0.1) is 0 Å². The predicted octanol–water partition coefficient (Wildman–Crippen LogP) is 2.84. The summed E-state index contributed by atoms with van der Waals surface area (Å²) in [6.07, 6.45) is -0.278. The van der Waals surface area contributed by atoms with Gasteiger partial charge < -0.3 is 4.74 Å². The molecule has 0 spiro atoms. The molecule has 1 saturated heterocycles. The number of benzene rings is 2.